The summed E-state index contributed by atoms with van der Waals surface area (Å²) in [6, 6.07) is -0.0905. The Labute approximate surface area is 138 Å². The third-order valence-corrected chi connectivity index (χ3v) is 4.50. The summed E-state index contributed by atoms with van der Waals surface area (Å²) in [7, 11) is 1.69. The summed E-state index contributed by atoms with van der Waals surface area (Å²) in [5, 5.41) is 16.6. The number of likely N-dealkylation sites (N-methyl/N-ethyl adjacent to an activating group) is 1. The fraction of sp³-hybridized carbons (Fsp3) is 0.812. The van der Waals surface area contributed by atoms with E-state index in [0.717, 1.165) is 19.3 Å². The first-order valence-corrected chi connectivity index (χ1v) is 8.57. The van der Waals surface area contributed by atoms with Crippen LogP contribution in [0.5, 0.6) is 0 Å². The topological polar surface area (TPSA) is 83.3 Å². The molecule has 0 spiro atoms. The van der Waals surface area contributed by atoms with Crippen molar-refractivity contribution in [2.24, 2.45) is 5.92 Å². The van der Waals surface area contributed by atoms with Crippen molar-refractivity contribution in [3.8, 4) is 0 Å². The van der Waals surface area contributed by atoms with E-state index in [-0.39, 0.29) is 18.7 Å². The van der Waals surface area contributed by atoms with Crippen molar-refractivity contribution in [3.63, 3.8) is 0 Å². The van der Waals surface area contributed by atoms with Gasteiger partial charge in [-0.15, -0.1) is 5.10 Å². The number of hydrogen-bond donors (Lipinski definition) is 2. The van der Waals surface area contributed by atoms with Gasteiger partial charge in [0.15, 0.2) is 0 Å². The molecule has 1 unspecified atom stereocenters. The molecule has 2 N–H and O–H groups in total. The van der Waals surface area contributed by atoms with Crippen molar-refractivity contribution in [1.29, 1.82) is 0 Å². The zero-order valence-corrected chi connectivity index (χ0v) is 14.4. The van der Waals surface area contributed by atoms with Crippen molar-refractivity contribution < 1.29 is 9.90 Å². The van der Waals surface area contributed by atoms with Gasteiger partial charge in [0.25, 0.3) is 0 Å². The van der Waals surface area contributed by atoms with Crippen molar-refractivity contribution in [3.05, 3.63) is 6.33 Å². The Balaban J connectivity index is 1.92. The second kappa shape index (κ2) is 8.29. The molecule has 7 heteroatoms. The van der Waals surface area contributed by atoms with E-state index in [1.807, 2.05) is 4.68 Å². The Morgan fingerprint density at radius 2 is 2.13 bits per heavy atom. The lowest BCUT2D eigenvalue weighted by Crippen LogP contribution is -2.42. The zero-order valence-electron chi connectivity index (χ0n) is 14.4. The Kier molecular flexibility index (Phi) is 6.38. The standard InChI is InChI=1S/C16H29N5O2/c1-12(2)9-14(10-22)20(3)16(23)18-15-17-11-21(19-15)13-7-5-4-6-8-13/h11-14,22H,4-10H2,1-3H3,(H,18,19,23). The van der Waals surface area contributed by atoms with Crippen molar-refractivity contribution in [2.45, 2.75) is 64.5 Å². The van der Waals surface area contributed by atoms with Crippen LogP contribution in [0, 0.1) is 5.92 Å². The quantitative estimate of drug-likeness (QED) is 0.843. The molecule has 0 aliphatic heterocycles. The largest absolute Gasteiger partial charge is 0.394 e. The highest BCUT2D eigenvalue weighted by atomic mass is 16.3. The molecule has 2 rings (SSSR count). The van der Waals surface area contributed by atoms with Crippen LogP contribution in [-0.2, 0) is 0 Å². The molecule has 7 nitrogen and oxygen atoms in total. The van der Waals surface area contributed by atoms with E-state index in [0.29, 0.717) is 17.9 Å². The van der Waals surface area contributed by atoms with E-state index < -0.39 is 0 Å². The number of carbonyl (C=O) groups excluding carboxylic acids is 1. The van der Waals surface area contributed by atoms with E-state index >= 15 is 0 Å². The average Bonchev–Trinajstić information content (AvgIpc) is 3.01. The lowest BCUT2D eigenvalue weighted by atomic mass is 9.96. The molecule has 1 saturated carbocycles. The number of aliphatic hydroxyl groups excluding tert-OH is 1. The summed E-state index contributed by atoms with van der Waals surface area (Å²) >= 11 is 0. The minimum Gasteiger partial charge on any atom is -0.394 e. The SMILES string of the molecule is CC(C)CC(CO)N(C)C(=O)Nc1ncn(C2CCCCC2)n1. The summed E-state index contributed by atoms with van der Waals surface area (Å²) in [6.07, 6.45) is 8.44. The van der Waals surface area contributed by atoms with Gasteiger partial charge in [-0.2, -0.15) is 0 Å². The van der Waals surface area contributed by atoms with Crippen molar-refractivity contribution >= 4 is 12.0 Å². The number of urea groups is 1. The normalized spacial score (nSPS) is 17.3. The van der Waals surface area contributed by atoms with Gasteiger partial charge in [0, 0.05) is 7.05 Å². The highest BCUT2D eigenvalue weighted by Gasteiger charge is 2.22. The summed E-state index contributed by atoms with van der Waals surface area (Å²) in [4.78, 5) is 18.0. The minimum absolute atomic E-state index is 0.0496. The summed E-state index contributed by atoms with van der Waals surface area (Å²) in [6.45, 7) is 4.09. The number of carbonyl (C=O) groups is 1. The predicted molar refractivity (Wildman–Crippen MR) is 89.3 cm³/mol. The molecule has 1 aromatic rings. The maximum Gasteiger partial charge on any atom is 0.324 e. The van der Waals surface area contributed by atoms with Gasteiger partial charge in [-0.3, -0.25) is 5.32 Å². The van der Waals surface area contributed by atoms with Gasteiger partial charge < -0.3 is 10.0 Å². The molecule has 2 amide bonds. The van der Waals surface area contributed by atoms with Gasteiger partial charge in [-0.25, -0.2) is 14.5 Å². The number of nitrogens with zero attached hydrogens (tertiary/aromatic N) is 4. The number of hydrogen-bond acceptors (Lipinski definition) is 4. The third-order valence-electron chi connectivity index (χ3n) is 4.50. The maximum absolute atomic E-state index is 12.3. The number of amides is 2. The molecular formula is C16H29N5O2. The van der Waals surface area contributed by atoms with Crippen LogP contribution in [0.4, 0.5) is 10.7 Å². The van der Waals surface area contributed by atoms with Crippen molar-refractivity contribution in [1.82, 2.24) is 19.7 Å². The van der Waals surface area contributed by atoms with Gasteiger partial charge in [-0.1, -0.05) is 33.1 Å². The molecule has 1 aliphatic carbocycles. The van der Waals surface area contributed by atoms with E-state index in [2.05, 4.69) is 29.2 Å². The van der Waals surface area contributed by atoms with Gasteiger partial charge in [0.1, 0.15) is 6.33 Å². The van der Waals surface area contributed by atoms with Crippen LogP contribution in [-0.4, -0.2) is 50.5 Å². The van der Waals surface area contributed by atoms with Gasteiger partial charge in [-0.05, 0) is 25.2 Å². The highest BCUT2D eigenvalue weighted by Crippen LogP contribution is 2.27. The fourth-order valence-electron chi connectivity index (χ4n) is 3.10. The van der Waals surface area contributed by atoms with Gasteiger partial charge in [0.2, 0.25) is 5.95 Å². The Morgan fingerprint density at radius 3 is 2.74 bits per heavy atom. The number of aromatic nitrogens is 3. The minimum atomic E-state index is -0.286. The van der Waals surface area contributed by atoms with E-state index in [1.54, 1.807) is 13.4 Å². The molecule has 130 valence electrons. The molecule has 1 fully saturated rings. The van der Waals surface area contributed by atoms with Crippen LogP contribution >= 0.6 is 0 Å². The molecular weight excluding hydrogens is 294 g/mol. The van der Waals surface area contributed by atoms with Crippen molar-refractivity contribution in [2.75, 3.05) is 19.0 Å². The molecule has 0 saturated heterocycles. The smallest absolute Gasteiger partial charge is 0.324 e. The zero-order chi connectivity index (χ0) is 16.8. The van der Waals surface area contributed by atoms with Gasteiger partial charge in [0.05, 0.1) is 18.7 Å². The molecule has 0 aromatic carbocycles. The van der Waals surface area contributed by atoms with E-state index in [9.17, 15) is 9.90 Å². The Bertz CT molecular complexity index is 496. The molecule has 1 aliphatic rings. The number of aliphatic hydroxyl groups is 1. The summed E-state index contributed by atoms with van der Waals surface area (Å²) in [5.74, 6) is 0.736. The monoisotopic (exact) mass is 323 g/mol. The summed E-state index contributed by atoms with van der Waals surface area (Å²) in [5.41, 5.74) is 0. The summed E-state index contributed by atoms with van der Waals surface area (Å²) < 4.78 is 1.87. The highest BCUT2D eigenvalue weighted by molar-refractivity contribution is 5.87. The Morgan fingerprint density at radius 1 is 1.43 bits per heavy atom. The first kappa shape index (κ1) is 17.7. The Hall–Kier alpha value is -1.63. The molecule has 1 atom stereocenters. The second-order valence-electron chi connectivity index (χ2n) is 6.85. The molecule has 1 aromatic heterocycles. The first-order chi connectivity index (χ1) is 11.0. The van der Waals surface area contributed by atoms with Crippen LogP contribution in [0.25, 0.3) is 0 Å². The lowest BCUT2D eigenvalue weighted by Gasteiger charge is -2.27. The molecule has 0 bridgehead atoms. The van der Waals surface area contributed by atoms with Gasteiger partial charge >= 0.3 is 6.03 Å². The number of anilines is 1. The number of nitrogens with one attached hydrogen (secondary N) is 1. The van der Waals surface area contributed by atoms with Crippen LogP contribution in [0.15, 0.2) is 6.33 Å². The molecule has 0 radical (unpaired) electrons. The van der Waals surface area contributed by atoms with Crippen LogP contribution in [0.2, 0.25) is 0 Å². The third kappa shape index (κ3) is 4.92. The predicted octanol–water partition coefficient (Wildman–Crippen LogP) is 2.65. The van der Waals surface area contributed by atoms with Crippen LogP contribution < -0.4 is 5.32 Å². The average molecular weight is 323 g/mol. The maximum atomic E-state index is 12.3. The molecule has 1 heterocycles. The van der Waals surface area contributed by atoms with E-state index in [4.69, 9.17) is 0 Å². The van der Waals surface area contributed by atoms with E-state index in [1.165, 1.54) is 24.2 Å². The van der Waals surface area contributed by atoms with Crippen LogP contribution in [0.1, 0.15) is 58.4 Å². The van der Waals surface area contributed by atoms with Crippen LogP contribution in [0.3, 0.4) is 0 Å². The lowest BCUT2D eigenvalue weighted by molar-refractivity contribution is 0.144. The number of rotatable bonds is 6. The molecule has 23 heavy (non-hydrogen) atoms. The first-order valence-electron chi connectivity index (χ1n) is 8.57. The second-order valence-corrected chi connectivity index (χ2v) is 6.85. The fourth-order valence-corrected chi connectivity index (χ4v) is 3.10.